The summed E-state index contributed by atoms with van der Waals surface area (Å²) < 4.78 is 19.5. The molecule has 6 heteroatoms. The fraction of sp³-hybridized carbons (Fsp3) is 0.333. The molecule has 39 heavy (non-hydrogen) atoms. The van der Waals surface area contributed by atoms with Gasteiger partial charge in [-0.05, 0) is 66.0 Å². The highest BCUT2D eigenvalue weighted by atomic mass is 19.1. The Morgan fingerprint density at radius 3 is 2.51 bits per heavy atom. The van der Waals surface area contributed by atoms with E-state index in [1.807, 2.05) is 12.3 Å². The van der Waals surface area contributed by atoms with E-state index in [2.05, 4.69) is 65.8 Å². The largest absolute Gasteiger partial charge is 0.481 e. The fourth-order valence-electron chi connectivity index (χ4n) is 6.03. The van der Waals surface area contributed by atoms with Crippen molar-refractivity contribution in [1.29, 1.82) is 0 Å². The van der Waals surface area contributed by atoms with E-state index in [9.17, 15) is 9.18 Å². The van der Waals surface area contributed by atoms with Gasteiger partial charge >= 0.3 is 5.97 Å². The molecule has 5 rings (SSSR count). The third-order valence-electron chi connectivity index (χ3n) is 8.06. The van der Waals surface area contributed by atoms with Crippen molar-refractivity contribution in [2.45, 2.75) is 50.2 Å². The number of unbranched alkanes of at least 4 members (excludes halogenated alkanes) is 1. The van der Waals surface area contributed by atoms with E-state index >= 15 is 0 Å². The highest BCUT2D eigenvalue weighted by Crippen LogP contribution is 2.56. The number of rotatable bonds is 12. The SMILES string of the molecule is O=C(O)CCC/C=C\C[C@H]1[C@H](C=NOCc2ccc(F)cc2)[C@@H]2C[C@@]1(c1ccc(-c3ccccc3)cc1)CO2. The molecule has 202 valence electrons. The van der Waals surface area contributed by atoms with E-state index in [1.165, 1.54) is 28.8 Å². The number of carboxylic acids is 1. The zero-order valence-corrected chi connectivity index (χ0v) is 21.9. The monoisotopic (exact) mass is 527 g/mol. The van der Waals surface area contributed by atoms with Crippen LogP contribution in [-0.4, -0.2) is 30.0 Å². The van der Waals surface area contributed by atoms with Gasteiger partial charge < -0.3 is 14.7 Å². The van der Waals surface area contributed by atoms with Crippen molar-refractivity contribution >= 4 is 12.2 Å². The Balaban J connectivity index is 1.32. The van der Waals surface area contributed by atoms with Crippen LogP contribution in [0.15, 0.2) is 96.2 Å². The zero-order chi connectivity index (χ0) is 27.1. The number of allylic oxidation sites excluding steroid dienone is 2. The number of benzene rings is 3. The van der Waals surface area contributed by atoms with Crippen LogP contribution in [0.25, 0.3) is 11.1 Å². The second-order valence-corrected chi connectivity index (χ2v) is 10.5. The Morgan fingerprint density at radius 1 is 1.03 bits per heavy atom. The molecule has 1 saturated heterocycles. The Hall–Kier alpha value is -3.77. The maximum absolute atomic E-state index is 13.2. The number of fused-ring (bicyclic) bond motifs is 2. The molecular formula is C33H34FNO4. The van der Waals surface area contributed by atoms with Crippen LogP contribution in [0.3, 0.4) is 0 Å². The summed E-state index contributed by atoms with van der Waals surface area (Å²) in [6, 6.07) is 25.4. The molecule has 3 aromatic carbocycles. The fourth-order valence-corrected chi connectivity index (χ4v) is 6.03. The lowest BCUT2D eigenvalue weighted by Gasteiger charge is -2.38. The van der Waals surface area contributed by atoms with Crippen molar-refractivity contribution in [1.82, 2.24) is 0 Å². The molecule has 5 nitrogen and oxygen atoms in total. The molecule has 2 fully saturated rings. The zero-order valence-electron chi connectivity index (χ0n) is 21.9. The van der Waals surface area contributed by atoms with Crippen molar-refractivity contribution in [2.75, 3.05) is 6.61 Å². The lowest BCUT2D eigenvalue weighted by Crippen LogP contribution is -2.40. The quantitative estimate of drug-likeness (QED) is 0.117. The van der Waals surface area contributed by atoms with E-state index in [-0.39, 0.29) is 42.2 Å². The summed E-state index contributed by atoms with van der Waals surface area (Å²) in [7, 11) is 0. The summed E-state index contributed by atoms with van der Waals surface area (Å²) >= 11 is 0. The standard InChI is InChI=1S/C33H34FNO4/c34-28-18-12-24(13-19-28)22-39-35-21-29-30(10-6-1-2-7-11-32(36)37)33(20-31(29)38-23-33)27-16-14-26(15-17-27)25-8-4-3-5-9-25/h1,3-6,8-9,12-19,21,29-31H,2,7,10-11,20,22-23H2,(H,36,37)/b6-1-,35-21?/t29-,30-,31-,33-/m0/s1. The number of ether oxygens (including phenoxy) is 1. The molecule has 1 N–H and O–H groups in total. The Labute approximate surface area is 229 Å². The summed E-state index contributed by atoms with van der Waals surface area (Å²) in [4.78, 5) is 16.4. The van der Waals surface area contributed by atoms with Crippen LogP contribution < -0.4 is 0 Å². The van der Waals surface area contributed by atoms with Gasteiger partial charge in [0, 0.05) is 24.0 Å². The Kier molecular flexibility index (Phi) is 8.52. The summed E-state index contributed by atoms with van der Waals surface area (Å²) in [6.45, 7) is 0.940. The van der Waals surface area contributed by atoms with Crippen LogP contribution in [0.1, 0.15) is 43.2 Å². The molecule has 1 heterocycles. The van der Waals surface area contributed by atoms with Gasteiger partial charge in [0.2, 0.25) is 0 Å². The smallest absolute Gasteiger partial charge is 0.303 e. The first-order valence-electron chi connectivity index (χ1n) is 13.6. The average Bonchev–Trinajstić information content (AvgIpc) is 3.53. The van der Waals surface area contributed by atoms with Gasteiger partial charge in [0.25, 0.3) is 0 Å². The molecule has 1 saturated carbocycles. The summed E-state index contributed by atoms with van der Waals surface area (Å²) in [5.41, 5.74) is 4.38. The van der Waals surface area contributed by atoms with Gasteiger partial charge in [-0.15, -0.1) is 0 Å². The van der Waals surface area contributed by atoms with Crippen LogP contribution in [0.4, 0.5) is 4.39 Å². The molecule has 1 aliphatic heterocycles. The van der Waals surface area contributed by atoms with Crippen molar-refractivity contribution in [3.8, 4) is 11.1 Å². The van der Waals surface area contributed by atoms with Crippen LogP contribution in [0.5, 0.6) is 0 Å². The predicted octanol–water partition coefficient (Wildman–Crippen LogP) is 7.17. The van der Waals surface area contributed by atoms with Crippen molar-refractivity contribution in [3.05, 3.63) is 108 Å². The number of hydrogen-bond donors (Lipinski definition) is 1. The number of hydrogen-bond acceptors (Lipinski definition) is 4. The number of halogens is 1. The predicted molar refractivity (Wildman–Crippen MR) is 150 cm³/mol. The average molecular weight is 528 g/mol. The molecule has 4 atom stereocenters. The molecule has 3 aromatic rings. The Morgan fingerprint density at radius 2 is 1.77 bits per heavy atom. The van der Waals surface area contributed by atoms with Gasteiger partial charge in [0.1, 0.15) is 12.4 Å². The molecule has 0 aromatic heterocycles. The normalized spacial score (nSPS) is 24.1. The van der Waals surface area contributed by atoms with Crippen molar-refractivity contribution < 1.29 is 23.9 Å². The van der Waals surface area contributed by atoms with Crippen LogP contribution in [0, 0.1) is 17.7 Å². The van der Waals surface area contributed by atoms with Gasteiger partial charge in [0.15, 0.2) is 0 Å². The minimum absolute atomic E-state index is 0.0578. The van der Waals surface area contributed by atoms with Gasteiger partial charge in [-0.3, -0.25) is 4.79 Å². The number of carbonyl (C=O) groups is 1. The summed E-state index contributed by atoms with van der Waals surface area (Å²) in [5.74, 6) is -0.678. The lowest BCUT2D eigenvalue weighted by atomic mass is 9.69. The number of oxime groups is 1. The van der Waals surface area contributed by atoms with E-state index < -0.39 is 5.97 Å². The van der Waals surface area contributed by atoms with Crippen molar-refractivity contribution in [2.24, 2.45) is 17.0 Å². The molecule has 2 bridgehead atoms. The van der Waals surface area contributed by atoms with E-state index in [0.29, 0.717) is 13.0 Å². The first kappa shape index (κ1) is 26.8. The second kappa shape index (κ2) is 12.4. The maximum Gasteiger partial charge on any atom is 0.303 e. The van der Waals surface area contributed by atoms with Crippen molar-refractivity contribution in [3.63, 3.8) is 0 Å². The highest BCUT2D eigenvalue weighted by molar-refractivity contribution is 5.67. The van der Waals surface area contributed by atoms with Gasteiger partial charge in [0.05, 0.1) is 12.7 Å². The molecule has 2 aliphatic rings. The topological polar surface area (TPSA) is 68.1 Å². The first-order valence-corrected chi connectivity index (χ1v) is 13.6. The van der Waals surface area contributed by atoms with Crippen LogP contribution >= 0.6 is 0 Å². The van der Waals surface area contributed by atoms with E-state index in [0.717, 1.165) is 24.8 Å². The summed E-state index contributed by atoms with van der Waals surface area (Å²) in [6.07, 6.45) is 9.56. The van der Waals surface area contributed by atoms with Gasteiger partial charge in [-0.25, -0.2) is 4.39 Å². The van der Waals surface area contributed by atoms with Crippen LogP contribution in [-0.2, 0) is 26.4 Å². The molecule has 0 spiro atoms. The number of nitrogens with zero attached hydrogens (tertiary/aromatic N) is 1. The van der Waals surface area contributed by atoms with Gasteiger partial charge in [-0.1, -0.05) is 84.0 Å². The third kappa shape index (κ3) is 6.28. The van der Waals surface area contributed by atoms with E-state index in [1.54, 1.807) is 12.1 Å². The molecule has 0 radical (unpaired) electrons. The van der Waals surface area contributed by atoms with Gasteiger partial charge in [-0.2, -0.15) is 0 Å². The molecule has 1 aliphatic carbocycles. The minimum atomic E-state index is -0.761. The lowest BCUT2D eigenvalue weighted by molar-refractivity contribution is -0.137. The molecule has 0 amide bonds. The highest BCUT2D eigenvalue weighted by Gasteiger charge is 2.58. The Bertz CT molecular complexity index is 1290. The molecular weight excluding hydrogens is 493 g/mol. The summed E-state index contributed by atoms with van der Waals surface area (Å²) in [5, 5.41) is 13.2. The number of aliphatic carboxylic acids is 1. The third-order valence-corrected chi connectivity index (χ3v) is 8.06. The second-order valence-electron chi connectivity index (χ2n) is 10.5. The minimum Gasteiger partial charge on any atom is -0.481 e. The number of carboxylic acid groups (broad SMARTS) is 1. The first-order chi connectivity index (χ1) is 19.0. The molecule has 0 unspecified atom stereocenters. The maximum atomic E-state index is 13.2. The van der Waals surface area contributed by atoms with E-state index in [4.69, 9.17) is 14.7 Å². The van der Waals surface area contributed by atoms with Crippen LogP contribution in [0.2, 0.25) is 0 Å².